The number of aromatic nitrogens is 1. The lowest BCUT2D eigenvalue weighted by atomic mass is 10.1. The summed E-state index contributed by atoms with van der Waals surface area (Å²) in [6, 6.07) is 15.6. The number of rotatable bonds is 4. The molecule has 0 saturated heterocycles. The molecule has 0 N–H and O–H groups in total. The number of esters is 1. The molecule has 3 rings (SSSR count). The first-order valence-electron chi connectivity index (χ1n) is 7.16. The fourth-order valence-corrected chi connectivity index (χ4v) is 2.62. The summed E-state index contributed by atoms with van der Waals surface area (Å²) in [5.74, 6) is -0.342. The van der Waals surface area contributed by atoms with E-state index >= 15 is 0 Å². The number of hydrogen-bond donors (Lipinski definition) is 0. The lowest BCUT2D eigenvalue weighted by molar-refractivity contribution is 0.0550. The molecule has 22 heavy (non-hydrogen) atoms. The molecule has 0 atom stereocenters. The number of para-hydroxylation sites is 2. The van der Waals surface area contributed by atoms with Gasteiger partial charge in [-0.3, -0.25) is 0 Å². The van der Waals surface area contributed by atoms with Crippen LogP contribution in [-0.4, -0.2) is 17.1 Å². The number of hydrogen-bond acceptors (Lipinski definition) is 2. The number of carbonyl (C=O) groups excluding carboxylic acids is 1. The van der Waals surface area contributed by atoms with Crippen LogP contribution in [-0.2, 0) is 4.74 Å². The summed E-state index contributed by atoms with van der Waals surface area (Å²) < 4.78 is 7.22. The van der Waals surface area contributed by atoms with E-state index in [9.17, 15) is 4.79 Å². The highest BCUT2D eigenvalue weighted by atomic mass is 16.5. The van der Waals surface area contributed by atoms with Gasteiger partial charge in [0.1, 0.15) is 6.61 Å². The molecule has 0 saturated carbocycles. The van der Waals surface area contributed by atoms with Crippen molar-refractivity contribution < 1.29 is 9.53 Å². The molecule has 3 nitrogen and oxygen atoms in total. The number of carbonyl (C=O) groups is 1. The maximum absolute atomic E-state index is 12.3. The Balaban J connectivity index is 2.15. The van der Waals surface area contributed by atoms with Gasteiger partial charge in [-0.15, -0.1) is 0 Å². The van der Waals surface area contributed by atoms with E-state index in [-0.39, 0.29) is 12.6 Å². The minimum atomic E-state index is -0.342. The van der Waals surface area contributed by atoms with Crippen LogP contribution in [0.4, 0.5) is 0 Å². The van der Waals surface area contributed by atoms with E-state index in [2.05, 4.69) is 19.6 Å². The van der Waals surface area contributed by atoms with Crippen LogP contribution in [0.1, 0.15) is 15.9 Å². The molecule has 0 fully saturated rings. The summed E-state index contributed by atoms with van der Waals surface area (Å²) in [7, 11) is 0. The van der Waals surface area contributed by atoms with Crippen LogP contribution in [0.2, 0.25) is 0 Å². The van der Waals surface area contributed by atoms with Gasteiger partial charge in [0.25, 0.3) is 0 Å². The normalized spacial score (nSPS) is 10.6. The van der Waals surface area contributed by atoms with E-state index in [0.29, 0.717) is 5.56 Å². The molecular formula is C19H17NO2. The van der Waals surface area contributed by atoms with Crippen LogP contribution >= 0.6 is 0 Å². The quantitative estimate of drug-likeness (QED) is 0.530. The standard InChI is InChI=1S/C19H17NO2/c1-3-12-22-19(21)16-9-5-7-11-18(16)20-13-14(2)15-8-4-6-10-17(15)20/h3-11,13H,1,12H2,2H3. The van der Waals surface area contributed by atoms with Gasteiger partial charge in [0.05, 0.1) is 16.8 Å². The molecule has 3 aromatic rings. The maximum atomic E-state index is 12.3. The van der Waals surface area contributed by atoms with Crippen LogP contribution in [0.25, 0.3) is 16.6 Å². The first-order chi connectivity index (χ1) is 10.7. The Morgan fingerprint density at radius 3 is 2.73 bits per heavy atom. The summed E-state index contributed by atoms with van der Waals surface area (Å²) in [5.41, 5.74) is 3.61. The van der Waals surface area contributed by atoms with Crippen molar-refractivity contribution in [1.29, 1.82) is 0 Å². The third kappa shape index (κ3) is 2.42. The fraction of sp³-hybridized carbons (Fsp3) is 0.105. The molecule has 0 aliphatic rings. The van der Waals surface area contributed by atoms with Crippen LogP contribution in [0.3, 0.4) is 0 Å². The lowest BCUT2D eigenvalue weighted by Crippen LogP contribution is -2.09. The number of aryl methyl sites for hydroxylation is 1. The van der Waals surface area contributed by atoms with Crippen molar-refractivity contribution in [2.45, 2.75) is 6.92 Å². The smallest absolute Gasteiger partial charge is 0.340 e. The van der Waals surface area contributed by atoms with E-state index in [1.807, 2.05) is 47.2 Å². The van der Waals surface area contributed by atoms with E-state index < -0.39 is 0 Å². The van der Waals surface area contributed by atoms with Gasteiger partial charge in [-0.2, -0.15) is 0 Å². The molecule has 0 unspecified atom stereocenters. The summed E-state index contributed by atoms with van der Waals surface area (Å²) in [5, 5.41) is 1.18. The molecule has 0 spiro atoms. The minimum Gasteiger partial charge on any atom is -0.458 e. The molecule has 0 amide bonds. The van der Waals surface area contributed by atoms with Gasteiger partial charge in [-0.25, -0.2) is 4.79 Å². The van der Waals surface area contributed by atoms with Gasteiger partial charge in [-0.05, 0) is 30.7 Å². The largest absolute Gasteiger partial charge is 0.458 e. The summed E-state index contributed by atoms with van der Waals surface area (Å²) >= 11 is 0. The predicted octanol–water partition coefficient (Wildman–Crippen LogP) is 4.28. The average Bonchev–Trinajstić information content (AvgIpc) is 2.90. The Morgan fingerprint density at radius 2 is 1.91 bits per heavy atom. The zero-order valence-electron chi connectivity index (χ0n) is 12.5. The first kappa shape index (κ1) is 14.1. The van der Waals surface area contributed by atoms with Crippen molar-refractivity contribution in [1.82, 2.24) is 4.57 Å². The molecular weight excluding hydrogens is 274 g/mol. The number of fused-ring (bicyclic) bond motifs is 1. The lowest BCUT2D eigenvalue weighted by Gasteiger charge is -2.11. The average molecular weight is 291 g/mol. The highest BCUT2D eigenvalue weighted by Crippen LogP contribution is 2.26. The number of benzene rings is 2. The molecule has 0 aliphatic carbocycles. The topological polar surface area (TPSA) is 31.2 Å². The van der Waals surface area contributed by atoms with Crippen molar-refractivity contribution >= 4 is 16.9 Å². The molecule has 2 aromatic carbocycles. The Hall–Kier alpha value is -2.81. The van der Waals surface area contributed by atoms with Crippen molar-refractivity contribution in [3.63, 3.8) is 0 Å². The van der Waals surface area contributed by atoms with Crippen LogP contribution in [0.5, 0.6) is 0 Å². The molecule has 1 aromatic heterocycles. The molecule has 3 heteroatoms. The van der Waals surface area contributed by atoms with Crippen molar-refractivity contribution in [2.75, 3.05) is 6.61 Å². The fourth-order valence-electron chi connectivity index (χ4n) is 2.62. The summed E-state index contributed by atoms with van der Waals surface area (Å²) in [4.78, 5) is 12.3. The predicted molar refractivity (Wildman–Crippen MR) is 88.5 cm³/mol. The SMILES string of the molecule is C=CCOC(=O)c1ccccc1-n1cc(C)c2ccccc21. The van der Waals surface area contributed by atoms with E-state index in [4.69, 9.17) is 4.74 Å². The molecule has 0 radical (unpaired) electrons. The molecule has 110 valence electrons. The Bertz CT molecular complexity index is 846. The second kappa shape index (κ2) is 5.90. The van der Waals surface area contributed by atoms with Gasteiger partial charge < -0.3 is 9.30 Å². The zero-order chi connectivity index (χ0) is 15.5. The first-order valence-corrected chi connectivity index (χ1v) is 7.16. The second-order valence-electron chi connectivity index (χ2n) is 5.10. The van der Waals surface area contributed by atoms with Gasteiger partial charge in [0, 0.05) is 11.6 Å². The van der Waals surface area contributed by atoms with Gasteiger partial charge in [-0.1, -0.05) is 43.0 Å². The zero-order valence-corrected chi connectivity index (χ0v) is 12.5. The Kier molecular flexibility index (Phi) is 3.79. The highest BCUT2D eigenvalue weighted by Gasteiger charge is 2.15. The summed E-state index contributed by atoms with van der Waals surface area (Å²) in [6.07, 6.45) is 3.61. The highest BCUT2D eigenvalue weighted by molar-refractivity contribution is 5.95. The number of ether oxygens (including phenoxy) is 1. The van der Waals surface area contributed by atoms with Crippen molar-refractivity contribution in [3.8, 4) is 5.69 Å². The van der Waals surface area contributed by atoms with Crippen LogP contribution in [0.15, 0.2) is 67.4 Å². The van der Waals surface area contributed by atoms with Gasteiger partial charge in [0.15, 0.2) is 0 Å². The van der Waals surface area contributed by atoms with Crippen LogP contribution in [0, 0.1) is 6.92 Å². The third-order valence-electron chi connectivity index (χ3n) is 3.63. The van der Waals surface area contributed by atoms with Crippen LogP contribution < -0.4 is 0 Å². The summed E-state index contributed by atoms with van der Waals surface area (Å²) in [6.45, 7) is 5.84. The third-order valence-corrected chi connectivity index (χ3v) is 3.63. The van der Waals surface area contributed by atoms with Crippen molar-refractivity contribution in [2.24, 2.45) is 0 Å². The molecule has 0 aliphatic heterocycles. The van der Waals surface area contributed by atoms with Crippen molar-refractivity contribution in [3.05, 3.63) is 78.5 Å². The van der Waals surface area contributed by atoms with E-state index in [1.165, 1.54) is 10.9 Å². The van der Waals surface area contributed by atoms with Gasteiger partial charge >= 0.3 is 5.97 Å². The monoisotopic (exact) mass is 291 g/mol. The molecule has 1 heterocycles. The molecule has 0 bridgehead atoms. The Labute approximate surface area is 129 Å². The Morgan fingerprint density at radius 1 is 1.18 bits per heavy atom. The van der Waals surface area contributed by atoms with E-state index in [0.717, 1.165) is 11.2 Å². The minimum absolute atomic E-state index is 0.207. The van der Waals surface area contributed by atoms with E-state index in [1.54, 1.807) is 12.1 Å². The van der Waals surface area contributed by atoms with Gasteiger partial charge in [0.2, 0.25) is 0 Å². The number of nitrogens with zero attached hydrogens (tertiary/aromatic N) is 1. The maximum Gasteiger partial charge on any atom is 0.340 e. The second-order valence-corrected chi connectivity index (χ2v) is 5.10.